The molecule has 0 bridgehead atoms. The van der Waals surface area contributed by atoms with Gasteiger partial charge in [0.25, 0.3) is 0 Å². The average Bonchev–Trinajstić information content (AvgIpc) is 3.13. The van der Waals surface area contributed by atoms with Crippen LogP contribution in [-0.4, -0.2) is 44.4 Å². The summed E-state index contributed by atoms with van der Waals surface area (Å²) in [7, 11) is 0. The minimum absolute atomic E-state index is 0.00807. The maximum atomic E-state index is 13.4. The Hall–Kier alpha value is -2.74. The van der Waals surface area contributed by atoms with Gasteiger partial charge in [0, 0.05) is 17.7 Å². The SMILES string of the molecule is CC1CCCCN1CC(=O)c1cc2nc(C(F)(F)F)cc(-c3ccccc3)n2n1. The fourth-order valence-electron chi connectivity index (χ4n) is 3.73. The first-order valence-electron chi connectivity index (χ1n) is 9.63. The number of likely N-dealkylation sites (tertiary alicyclic amines) is 1. The molecule has 0 aliphatic carbocycles. The van der Waals surface area contributed by atoms with E-state index in [-0.39, 0.29) is 29.4 Å². The Morgan fingerprint density at radius 2 is 1.93 bits per heavy atom. The van der Waals surface area contributed by atoms with Crippen LogP contribution in [0.3, 0.4) is 0 Å². The second-order valence-electron chi connectivity index (χ2n) is 7.43. The standard InChI is InChI=1S/C21H21F3N4O/c1-14-7-5-6-10-27(14)13-18(29)16-11-20-25-19(21(22,23)24)12-17(28(20)26-16)15-8-3-2-4-9-15/h2-4,8-9,11-12,14H,5-7,10,13H2,1H3. The zero-order valence-electron chi connectivity index (χ0n) is 16.0. The number of Topliss-reactive ketones (excluding diaryl/α,β-unsaturated/α-hetero) is 1. The monoisotopic (exact) mass is 402 g/mol. The Kier molecular flexibility index (Phi) is 5.12. The molecule has 1 saturated heterocycles. The number of alkyl halides is 3. The molecule has 1 fully saturated rings. The normalized spacial score (nSPS) is 18.3. The van der Waals surface area contributed by atoms with Crippen molar-refractivity contribution < 1.29 is 18.0 Å². The summed E-state index contributed by atoms with van der Waals surface area (Å²) in [4.78, 5) is 18.6. The Morgan fingerprint density at radius 1 is 1.17 bits per heavy atom. The highest BCUT2D eigenvalue weighted by atomic mass is 19.4. The number of fused-ring (bicyclic) bond motifs is 1. The molecule has 4 rings (SSSR count). The molecule has 0 N–H and O–H groups in total. The van der Waals surface area contributed by atoms with Crippen LogP contribution in [0.2, 0.25) is 0 Å². The highest BCUT2D eigenvalue weighted by Gasteiger charge is 2.34. The molecule has 5 nitrogen and oxygen atoms in total. The van der Waals surface area contributed by atoms with E-state index >= 15 is 0 Å². The van der Waals surface area contributed by atoms with Crippen LogP contribution in [0.15, 0.2) is 42.5 Å². The van der Waals surface area contributed by atoms with Gasteiger partial charge in [-0.05, 0) is 32.4 Å². The fourth-order valence-corrected chi connectivity index (χ4v) is 3.73. The molecule has 29 heavy (non-hydrogen) atoms. The van der Waals surface area contributed by atoms with Gasteiger partial charge in [-0.25, -0.2) is 9.50 Å². The van der Waals surface area contributed by atoms with E-state index in [1.54, 1.807) is 30.3 Å². The molecule has 0 amide bonds. The number of carbonyl (C=O) groups excluding carboxylic acids is 1. The highest BCUT2D eigenvalue weighted by molar-refractivity contribution is 5.97. The predicted octanol–water partition coefficient (Wildman–Crippen LogP) is 4.47. The number of benzene rings is 1. The molecule has 0 saturated carbocycles. The second-order valence-corrected chi connectivity index (χ2v) is 7.43. The van der Waals surface area contributed by atoms with Gasteiger partial charge >= 0.3 is 6.18 Å². The number of halogens is 3. The first kappa shape index (κ1) is 19.6. The summed E-state index contributed by atoms with van der Waals surface area (Å²) in [6, 6.07) is 11.3. The third-order valence-electron chi connectivity index (χ3n) is 5.36. The highest BCUT2D eigenvalue weighted by Crippen LogP contribution is 2.31. The van der Waals surface area contributed by atoms with Crippen LogP contribution in [0.5, 0.6) is 0 Å². The number of hydrogen-bond acceptors (Lipinski definition) is 4. The third-order valence-corrected chi connectivity index (χ3v) is 5.36. The number of nitrogens with zero attached hydrogens (tertiary/aromatic N) is 4. The molecular formula is C21H21F3N4O. The van der Waals surface area contributed by atoms with Crippen molar-refractivity contribution in [1.82, 2.24) is 19.5 Å². The van der Waals surface area contributed by atoms with Crippen molar-refractivity contribution in [1.29, 1.82) is 0 Å². The lowest BCUT2D eigenvalue weighted by Gasteiger charge is -2.32. The zero-order valence-corrected chi connectivity index (χ0v) is 16.0. The zero-order chi connectivity index (χ0) is 20.6. The molecule has 0 radical (unpaired) electrons. The maximum Gasteiger partial charge on any atom is 0.433 e. The van der Waals surface area contributed by atoms with Crippen LogP contribution in [0.25, 0.3) is 16.9 Å². The molecule has 0 spiro atoms. The van der Waals surface area contributed by atoms with Gasteiger partial charge in [0.15, 0.2) is 11.4 Å². The van der Waals surface area contributed by atoms with Gasteiger partial charge in [-0.1, -0.05) is 36.8 Å². The lowest BCUT2D eigenvalue weighted by molar-refractivity contribution is -0.141. The Labute approximate surface area is 166 Å². The van der Waals surface area contributed by atoms with E-state index in [1.165, 1.54) is 10.6 Å². The van der Waals surface area contributed by atoms with Gasteiger partial charge in [0.05, 0.1) is 12.2 Å². The number of rotatable bonds is 4. The first-order chi connectivity index (χ1) is 13.8. The molecule has 3 aromatic rings. The number of hydrogen-bond donors (Lipinski definition) is 0. The van der Waals surface area contributed by atoms with Gasteiger partial charge in [-0.15, -0.1) is 0 Å². The van der Waals surface area contributed by atoms with Crippen molar-refractivity contribution in [2.45, 2.75) is 38.4 Å². The van der Waals surface area contributed by atoms with Crippen LogP contribution in [0, 0.1) is 0 Å². The molecule has 1 aliphatic rings. The fraction of sp³-hybridized carbons (Fsp3) is 0.381. The summed E-state index contributed by atoms with van der Waals surface area (Å²) in [6.45, 7) is 3.13. The first-order valence-corrected chi connectivity index (χ1v) is 9.63. The molecular weight excluding hydrogens is 381 g/mol. The predicted molar refractivity (Wildman–Crippen MR) is 103 cm³/mol. The van der Waals surface area contributed by atoms with Crippen LogP contribution in [0.4, 0.5) is 13.2 Å². The van der Waals surface area contributed by atoms with Crippen LogP contribution in [0.1, 0.15) is 42.4 Å². The summed E-state index contributed by atoms with van der Waals surface area (Å²) in [5.41, 5.74) is -0.0571. The molecule has 1 aromatic carbocycles. The van der Waals surface area contributed by atoms with Gasteiger partial charge in [0.2, 0.25) is 0 Å². The minimum atomic E-state index is -4.59. The Morgan fingerprint density at radius 3 is 2.62 bits per heavy atom. The minimum Gasteiger partial charge on any atom is -0.293 e. The summed E-state index contributed by atoms with van der Waals surface area (Å²) in [5.74, 6) is -0.211. The topological polar surface area (TPSA) is 50.5 Å². The molecule has 1 aliphatic heterocycles. The molecule has 2 aromatic heterocycles. The quantitative estimate of drug-likeness (QED) is 0.604. The molecule has 1 unspecified atom stereocenters. The number of piperidine rings is 1. The van der Waals surface area contributed by atoms with Gasteiger partial charge in [-0.2, -0.15) is 18.3 Å². The van der Waals surface area contributed by atoms with E-state index in [0.717, 1.165) is 31.9 Å². The van der Waals surface area contributed by atoms with Gasteiger partial charge in [-0.3, -0.25) is 9.69 Å². The number of ketones is 1. The van der Waals surface area contributed by atoms with E-state index in [4.69, 9.17) is 0 Å². The number of aromatic nitrogens is 3. The van der Waals surface area contributed by atoms with Crippen molar-refractivity contribution in [3.8, 4) is 11.3 Å². The van der Waals surface area contributed by atoms with E-state index in [9.17, 15) is 18.0 Å². The molecule has 8 heteroatoms. The Balaban J connectivity index is 1.75. The van der Waals surface area contributed by atoms with Crippen molar-refractivity contribution in [2.24, 2.45) is 0 Å². The largest absolute Gasteiger partial charge is 0.433 e. The van der Waals surface area contributed by atoms with Gasteiger partial charge in [0.1, 0.15) is 11.4 Å². The van der Waals surface area contributed by atoms with E-state index in [1.807, 2.05) is 0 Å². The van der Waals surface area contributed by atoms with E-state index in [2.05, 4.69) is 21.9 Å². The third kappa shape index (κ3) is 4.03. The van der Waals surface area contributed by atoms with E-state index in [0.29, 0.717) is 11.6 Å². The van der Waals surface area contributed by atoms with Crippen molar-refractivity contribution >= 4 is 11.4 Å². The maximum absolute atomic E-state index is 13.4. The van der Waals surface area contributed by atoms with Gasteiger partial charge < -0.3 is 0 Å². The summed E-state index contributed by atoms with van der Waals surface area (Å²) in [6.07, 6.45) is -1.38. The van der Waals surface area contributed by atoms with Crippen molar-refractivity contribution in [2.75, 3.05) is 13.1 Å². The van der Waals surface area contributed by atoms with Crippen molar-refractivity contribution in [3.63, 3.8) is 0 Å². The average molecular weight is 402 g/mol. The molecule has 3 heterocycles. The second kappa shape index (κ2) is 7.59. The van der Waals surface area contributed by atoms with Crippen LogP contribution in [-0.2, 0) is 6.18 Å². The smallest absolute Gasteiger partial charge is 0.293 e. The summed E-state index contributed by atoms with van der Waals surface area (Å²) >= 11 is 0. The summed E-state index contributed by atoms with van der Waals surface area (Å²) < 4.78 is 41.4. The van der Waals surface area contributed by atoms with Crippen molar-refractivity contribution in [3.05, 3.63) is 53.9 Å². The lowest BCUT2D eigenvalue weighted by atomic mass is 10.0. The molecule has 152 valence electrons. The summed E-state index contributed by atoms with van der Waals surface area (Å²) in [5, 5.41) is 4.31. The Bertz CT molecular complexity index is 1030. The number of carbonyl (C=O) groups is 1. The van der Waals surface area contributed by atoms with E-state index < -0.39 is 11.9 Å². The van der Waals surface area contributed by atoms with Crippen LogP contribution < -0.4 is 0 Å². The lowest BCUT2D eigenvalue weighted by Crippen LogP contribution is -2.40. The van der Waals surface area contributed by atoms with Crippen LogP contribution >= 0.6 is 0 Å². The molecule has 1 atom stereocenters.